The SMILES string of the molecule is CCn1c(=O)c(Cc2ccc(Cl)cc2)c(C)c2c(CC(=O)O)cc(C)cc21. The number of aryl methyl sites for hydroxylation is 3. The van der Waals surface area contributed by atoms with Crippen LogP contribution < -0.4 is 5.56 Å². The van der Waals surface area contributed by atoms with Crippen molar-refractivity contribution in [2.75, 3.05) is 0 Å². The summed E-state index contributed by atoms with van der Waals surface area (Å²) >= 11 is 5.97. The maximum atomic E-state index is 13.2. The maximum Gasteiger partial charge on any atom is 0.307 e. The molecule has 4 nitrogen and oxygen atoms in total. The van der Waals surface area contributed by atoms with Gasteiger partial charge < -0.3 is 9.67 Å². The second kappa shape index (κ2) is 7.57. The highest BCUT2D eigenvalue weighted by molar-refractivity contribution is 6.30. The molecule has 2 aromatic carbocycles. The van der Waals surface area contributed by atoms with Crippen LogP contribution in [0.2, 0.25) is 5.02 Å². The van der Waals surface area contributed by atoms with Gasteiger partial charge in [-0.3, -0.25) is 9.59 Å². The predicted octanol–water partition coefficient (Wildman–Crippen LogP) is 4.51. The first-order valence-electron chi connectivity index (χ1n) is 8.93. The van der Waals surface area contributed by atoms with E-state index in [9.17, 15) is 14.7 Å². The van der Waals surface area contributed by atoms with Gasteiger partial charge in [-0.15, -0.1) is 0 Å². The third-order valence-corrected chi connectivity index (χ3v) is 5.17. The van der Waals surface area contributed by atoms with Gasteiger partial charge in [-0.25, -0.2) is 0 Å². The van der Waals surface area contributed by atoms with Crippen molar-refractivity contribution in [2.45, 2.75) is 40.2 Å². The fourth-order valence-electron chi connectivity index (χ4n) is 3.70. The summed E-state index contributed by atoms with van der Waals surface area (Å²) in [7, 11) is 0. The number of benzene rings is 2. The van der Waals surface area contributed by atoms with Crippen LogP contribution in [0.25, 0.3) is 10.9 Å². The molecular weight excluding hydrogens is 362 g/mol. The molecule has 3 rings (SSSR count). The lowest BCUT2D eigenvalue weighted by Crippen LogP contribution is -2.26. The number of rotatable bonds is 5. The first-order chi connectivity index (χ1) is 12.8. The standard InChI is InChI=1S/C22H22ClNO3/c1-4-24-19-10-13(2)9-16(12-20(25)26)21(19)14(3)18(22(24)27)11-15-5-7-17(23)8-6-15/h5-10H,4,11-12H2,1-3H3,(H,25,26). The molecule has 140 valence electrons. The molecule has 0 spiro atoms. The molecule has 0 amide bonds. The molecule has 0 unspecified atom stereocenters. The predicted molar refractivity (Wildman–Crippen MR) is 109 cm³/mol. The lowest BCUT2D eigenvalue weighted by Gasteiger charge is -2.18. The minimum absolute atomic E-state index is 0.0238. The molecular formula is C22H22ClNO3. The molecule has 5 heteroatoms. The number of carbonyl (C=O) groups is 1. The van der Waals surface area contributed by atoms with Crippen molar-refractivity contribution >= 4 is 28.5 Å². The Kier molecular flexibility index (Phi) is 5.38. The lowest BCUT2D eigenvalue weighted by atomic mass is 9.93. The van der Waals surface area contributed by atoms with Gasteiger partial charge in [0.1, 0.15) is 0 Å². The van der Waals surface area contributed by atoms with E-state index in [2.05, 4.69) is 0 Å². The van der Waals surface area contributed by atoms with E-state index in [1.54, 1.807) is 4.57 Å². The molecule has 0 aliphatic rings. The minimum Gasteiger partial charge on any atom is -0.481 e. The summed E-state index contributed by atoms with van der Waals surface area (Å²) in [4.78, 5) is 24.6. The second-order valence-electron chi connectivity index (χ2n) is 6.84. The molecule has 3 aromatic rings. The molecule has 0 bridgehead atoms. The van der Waals surface area contributed by atoms with E-state index in [4.69, 9.17) is 11.6 Å². The zero-order valence-electron chi connectivity index (χ0n) is 15.7. The number of carboxylic acids is 1. The summed E-state index contributed by atoms with van der Waals surface area (Å²) in [5.74, 6) is -0.880. The number of aliphatic carboxylic acids is 1. The monoisotopic (exact) mass is 383 g/mol. The highest BCUT2D eigenvalue weighted by Crippen LogP contribution is 2.27. The van der Waals surface area contributed by atoms with E-state index in [1.165, 1.54) is 0 Å². The molecule has 1 N–H and O–H groups in total. The first kappa shape index (κ1) is 19.2. The molecule has 0 aliphatic carbocycles. The number of halogens is 1. The number of nitrogens with zero attached hydrogens (tertiary/aromatic N) is 1. The normalized spacial score (nSPS) is 11.1. The van der Waals surface area contributed by atoms with E-state index in [0.717, 1.165) is 33.2 Å². The Bertz CT molecular complexity index is 1080. The van der Waals surface area contributed by atoms with Crippen molar-refractivity contribution in [1.82, 2.24) is 4.57 Å². The fourth-order valence-corrected chi connectivity index (χ4v) is 3.83. The van der Waals surface area contributed by atoms with Crippen LogP contribution in [0.4, 0.5) is 0 Å². The van der Waals surface area contributed by atoms with Gasteiger partial charge in [0.2, 0.25) is 0 Å². The van der Waals surface area contributed by atoms with Gasteiger partial charge in [-0.1, -0.05) is 29.8 Å². The quantitative estimate of drug-likeness (QED) is 0.705. The number of carboxylic acid groups (broad SMARTS) is 1. The van der Waals surface area contributed by atoms with Crippen molar-refractivity contribution in [3.8, 4) is 0 Å². The summed E-state index contributed by atoms with van der Waals surface area (Å²) in [6.07, 6.45) is 0.416. The number of aromatic nitrogens is 1. The van der Waals surface area contributed by atoms with Gasteiger partial charge in [0, 0.05) is 28.9 Å². The Morgan fingerprint density at radius 2 is 1.81 bits per heavy atom. The van der Waals surface area contributed by atoms with Crippen molar-refractivity contribution in [3.05, 3.63) is 79.6 Å². The van der Waals surface area contributed by atoms with Crippen molar-refractivity contribution in [1.29, 1.82) is 0 Å². The van der Waals surface area contributed by atoms with E-state index < -0.39 is 5.97 Å². The molecule has 0 aliphatic heterocycles. The van der Waals surface area contributed by atoms with Crippen molar-refractivity contribution < 1.29 is 9.90 Å². The zero-order chi connectivity index (χ0) is 19.7. The van der Waals surface area contributed by atoms with E-state index in [1.807, 2.05) is 57.2 Å². The van der Waals surface area contributed by atoms with Crippen LogP contribution in [-0.4, -0.2) is 15.6 Å². The highest BCUT2D eigenvalue weighted by Gasteiger charge is 2.18. The van der Waals surface area contributed by atoms with Gasteiger partial charge in [-0.05, 0) is 61.2 Å². The van der Waals surface area contributed by atoms with E-state index in [-0.39, 0.29) is 12.0 Å². The topological polar surface area (TPSA) is 59.3 Å². The van der Waals surface area contributed by atoms with E-state index in [0.29, 0.717) is 23.6 Å². The number of hydrogen-bond donors (Lipinski definition) is 1. The summed E-state index contributed by atoms with van der Waals surface area (Å²) in [6.45, 7) is 6.29. The number of hydrogen-bond acceptors (Lipinski definition) is 2. The smallest absolute Gasteiger partial charge is 0.307 e. The lowest BCUT2D eigenvalue weighted by molar-refractivity contribution is -0.136. The average molecular weight is 384 g/mol. The third kappa shape index (κ3) is 3.76. The Balaban J connectivity index is 2.31. The van der Waals surface area contributed by atoms with Crippen molar-refractivity contribution in [3.63, 3.8) is 0 Å². The number of pyridine rings is 1. The largest absolute Gasteiger partial charge is 0.481 e. The molecule has 0 saturated heterocycles. The Morgan fingerprint density at radius 3 is 2.41 bits per heavy atom. The summed E-state index contributed by atoms with van der Waals surface area (Å²) in [5.41, 5.74) is 5.02. The van der Waals surface area contributed by atoms with Crippen molar-refractivity contribution in [2.24, 2.45) is 0 Å². The van der Waals surface area contributed by atoms with Gasteiger partial charge in [-0.2, -0.15) is 0 Å². The third-order valence-electron chi connectivity index (χ3n) is 4.92. The van der Waals surface area contributed by atoms with Crippen LogP contribution in [0.3, 0.4) is 0 Å². The van der Waals surface area contributed by atoms with Crippen LogP contribution in [-0.2, 0) is 24.2 Å². The molecule has 0 fully saturated rings. The summed E-state index contributed by atoms with van der Waals surface area (Å²) < 4.78 is 1.74. The fraction of sp³-hybridized carbons (Fsp3) is 0.273. The van der Waals surface area contributed by atoms with Crippen LogP contribution in [0.1, 0.15) is 34.7 Å². The molecule has 0 saturated carbocycles. The van der Waals surface area contributed by atoms with Gasteiger partial charge in [0.15, 0.2) is 0 Å². The zero-order valence-corrected chi connectivity index (χ0v) is 16.4. The maximum absolute atomic E-state index is 13.2. The molecule has 0 radical (unpaired) electrons. The van der Waals surface area contributed by atoms with Crippen LogP contribution in [0, 0.1) is 13.8 Å². The molecule has 27 heavy (non-hydrogen) atoms. The molecule has 1 heterocycles. The van der Waals surface area contributed by atoms with Gasteiger partial charge in [0.25, 0.3) is 5.56 Å². The molecule has 0 atom stereocenters. The first-order valence-corrected chi connectivity index (χ1v) is 9.31. The minimum atomic E-state index is -0.880. The van der Waals surface area contributed by atoms with E-state index >= 15 is 0 Å². The second-order valence-corrected chi connectivity index (χ2v) is 7.28. The summed E-state index contributed by atoms with van der Waals surface area (Å²) in [5, 5.41) is 10.9. The Hall–Kier alpha value is -2.59. The molecule has 1 aromatic heterocycles. The highest BCUT2D eigenvalue weighted by atomic mass is 35.5. The van der Waals surface area contributed by atoms with Crippen LogP contribution >= 0.6 is 11.6 Å². The average Bonchev–Trinajstić information content (AvgIpc) is 2.59. The van der Waals surface area contributed by atoms with Gasteiger partial charge >= 0.3 is 5.97 Å². The van der Waals surface area contributed by atoms with Crippen LogP contribution in [0.5, 0.6) is 0 Å². The summed E-state index contributed by atoms with van der Waals surface area (Å²) in [6, 6.07) is 11.3. The van der Waals surface area contributed by atoms with Gasteiger partial charge in [0.05, 0.1) is 11.9 Å². The number of fused-ring (bicyclic) bond motifs is 1. The Morgan fingerprint density at radius 1 is 1.15 bits per heavy atom. The Labute approximate surface area is 163 Å². The van der Waals surface area contributed by atoms with Crippen LogP contribution in [0.15, 0.2) is 41.2 Å².